The second-order valence-corrected chi connectivity index (χ2v) is 7.74. The lowest BCUT2D eigenvalue weighted by Gasteiger charge is -2.30. The summed E-state index contributed by atoms with van der Waals surface area (Å²) in [5.41, 5.74) is 1.41. The molecule has 1 unspecified atom stereocenters. The molecule has 1 saturated heterocycles. The van der Waals surface area contributed by atoms with Crippen molar-refractivity contribution in [1.82, 2.24) is 14.9 Å². The molecule has 5 heteroatoms. The van der Waals surface area contributed by atoms with Crippen LogP contribution in [0, 0.1) is 0 Å². The van der Waals surface area contributed by atoms with E-state index in [0.29, 0.717) is 12.1 Å². The minimum Gasteiger partial charge on any atom is -0.349 e. The standard InChI is InChI=1S/C19H23BrN4/c20-16-3-1-15(2-4-16)8-11-23-12-9-18(13-23)24(17-5-6-17)19-7-10-21-14-22-19/h1-4,7,10,14,17-18H,5-6,8-9,11-13H2. The van der Waals surface area contributed by atoms with E-state index in [1.54, 1.807) is 6.33 Å². The zero-order valence-corrected chi connectivity index (χ0v) is 15.4. The van der Waals surface area contributed by atoms with Crippen molar-refractivity contribution < 1.29 is 0 Å². The number of likely N-dealkylation sites (tertiary alicyclic amines) is 1. The van der Waals surface area contributed by atoms with Crippen molar-refractivity contribution in [3.8, 4) is 0 Å². The van der Waals surface area contributed by atoms with Gasteiger partial charge in [0.15, 0.2) is 0 Å². The van der Waals surface area contributed by atoms with E-state index in [4.69, 9.17) is 0 Å². The maximum absolute atomic E-state index is 4.50. The predicted octanol–water partition coefficient (Wildman–Crippen LogP) is 3.52. The molecule has 0 spiro atoms. The van der Waals surface area contributed by atoms with Gasteiger partial charge in [0, 0.05) is 42.4 Å². The van der Waals surface area contributed by atoms with Crippen LogP contribution in [0.5, 0.6) is 0 Å². The molecule has 2 fully saturated rings. The SMILES string of the molecule is Brc1ccc(CCN2CCC(N(c3ccncn3)C3CC3)C2)cc1. The van der Waals surface area contributed by atoms with E-state index in [1.807, 2.05) is 6.20 Å². The molecular weight excluding hydrogens is 364 g/mol. The second-order valence-electron chi connectivity index (χ2n) is 6.83. The average Bonchev–Trinajstić information content (AvgIpc) is 3.33. The maximum atomic E-state index is 4.50. The Kier molecular flexibility index (Phi) is 4.81. The topological polar surface area (TPSA) is 32.3 Å². The van der Waals surface area contributed by atoms with Crippen molar-refractivity contribution in [1.29, 1.82) is 0 Å². The number of rotatable bonds is 6. The highest BCUT2D eigenvalue weighted by Crippen LogP contribution is 2.34. The van der Waals surface area contributed by atoms with Gasteiger partial charge < -0.3 is 9.80 Å². The van der Waals surface area contributed by atoms with Crippen molar-refractivity contribution in [3.05, 3.63) is 52.9 Å². The molecule has 0 bridgehead atoms. The third-order valence-corrected chi connectivity index (χ3v) is 5.57. The monoisotopic (exact) mass is 386 g/mol. The first-order chi connectivity index (χ1) is 11.8. The molecule has 2 heterocycles. The Labute approximate surface area is 152 Å². The summed E-state index contributed by atoms with van der Waals surface area (Å²) in [6.07, 6.45) is 8.50. The molecule has 1 aromatic carbocycles. The van der Waals surface area contributed by atoms with Crippen LogP contribution in [0.1, 0.15) is 24.8 Å². The lowest BCUT2D eigenvalue weighted by molar-refractivity contribution is 0.336. The summed E-state index contributed by atoms with van der Waals surface area (Å²) in [7, 11) is 0. The average molecular weight is 387 g/mol. The molecule has 2 aliphatic rings. The summed E-state index contributed by atoms with van der Waals surface area (Å²) in [5, 5.41) is 0. The van der Waals surface area contributed by atoms with Gasteiger partial charge in [-0.25, -0.2) is 9.97 Å². The lowest BCUT2D eigenvalue weighted by atomic mass is 10.1. The minimum atomic E-state index is 0.595. The molecule has 24 heavy (non-hydrogen) atoms. The van der Waals surface area contributed by atoms with Crippen LogP contribution in [-0.4, -0.2) is 46.6 Å². The molecule has 1 aliphatic heterocycles. The second kappa shape index (κ2) is 7.19. The molecule has 126 valence electrons. The van der Waals surface area contributed by atoms with Gasteiger partial charge in [-0.15, -0.1) is 0 Å². The summed E-state index contributed by atoms with van der Waals surface area (Å²) < 4.78 is 1.15. The Morgan fingerprint density at radius 2 is 1.92 bits per heavy atom. The van der Waals surface area contributed by atoms with Gasteiger partial charge in [-0.3, -0.25) is 0 Å². The van der Waals surface area contributed by atoms with Gasteiger partial charge in [-0.1, -0.05) is 28.1 Å². The van der Waals surface area contributed by atoms with Crippen LogP contribution >= 0.6 is 15.9 Å². The largest absolute Gasteiger partial charge is 0.349 e. The van der Waals surface area contributed by atoms with E-state index in [1.165, 1.54) is 31.4 Å². The summed E-state index contributed by atoms with van der Waals surface area (Å²) >= 11 is 3.50. The molecule has 1 atom stereocenters. The number of benzene rings is 1. The Balaban J connectivity index is 1.36. The highest BCUT2D eigenvalue weighted by Gasteiger charge is 2.37. The van der Waals surface area contributed by atoms with E-state index in [9.17, 15) is 0 Å². The van der Waals surface area contributed by atoms with Crippen molar-refractivity contribution in [2.24, 2.45) is 0 Å². The quantitative estimate of drug-likeness (QED) is 0.759. The maximum Gasteiger partial charge on any atom is 0.132 e. The molecule has 4 nitrogen and oxygen atoms in total. The third-order valence-electron chi connectivity index (χ3n) is 5.04. The van der Waals surface area contributed by atoms with Crippen LogP contribution in [0.15, 0.2) is 47.3 Å². The first-order valence-corrected chi connectivity index (χ1v) is 9.60. The number of nitrogens with zero attached hydrogens (tertiary/aromatic N) is 4. The fourth-order valence-corrected chi connectivity index (χ4v) is 3.91. The summed E-state index contributed by atoms with van der Waals surface area (Å²) in [5.74, 6) is 1.10. The molecule has 0 N–H and O–H groups in total. The number of hydrogen-bond acceptors (Lipinski definition) is 4. The molecule has 1 saturated carbocycles. The smallest absolute Gasteiger partial charge is 0.132 e. The van der Waals surface area contributed by atoms with E-state index >= 15 is 0 Å². The number of hydrogen-bond donors (Lipinski definition) is 0. The third kappa shape index (κ3) is 3.78. The molecule has 4 rings (SSSR count). The van der Waals surface area contributed by atoms with Gasteiger partial charge >= 0.3 is 0 Å². The molecular formula is C19H23BrN4. The molecule has 0 radical (unpaired) electrons. The van der Waals surface area contributed by atoms with Gasteiger partial charge in [0.25, 0.3) is 0 Å². The summed E-state index contributed by atoms with van der Waals surface area (Å²) in [6, 6.07) is 12.0. The van der Waals surface area contributed by atoms with Gasteiger partial charge in [0.2, 0.25) is 0 Å². The first-order valence-electron chi connectivity index (χ1n) is 8.81. The van der Waals surface area contributed by atoms with Crippen molar-refractivity contribution in [3.63, 3.8) is 0 Å². The lowest BCUT2D eigenvalue weighted by Crippen LogP contribution is -2.40. The highest BCUT2D eigenvalue weighted by atomic mass is 79.9. The Bertz CT molecular complexity index is 657. The Morgan fingerprint density at radius 3 is 2.62 bits per heavy atom. The van der Waals surface area contributed by atoms with Gasteiger partial charge in [0.1, 0.15) is 12.1 Å². The highest BCUT2D eigenvalue weighted by molar-refractivity contribution is 9.10. The minimum absolute atomic E-state index is 0.595. The molecule has 0 amide bonds. The van der Waals surface area contributed by atoms with Crippen LogP contribution in [0.25, 0.3) is 0 Å². The van der Waals surface area contributed by atoms with Crippen LogP contribution in [-0.2, 0) is 6.42 Å². The van der Waals surface area contributed by atoms with E-state index in [-0.39, 0.29) is 0 Å². The number of aromatic nitrogens is 2. The number of halogens is 1. The van der Waals surface area contributed by atoms with Crippen molar-refractivity contribution in [2.75, 3.05) is 24.5 Å². The van der Waals surface area contributed by atoms with Gasteiger partial charge in [-0.2, -0.15) is 0 Å². The normalized spacial score (nSPS) is 21.1. The fourth-order valence-electron chi connectivity index (χ4n) is 3.64. The van der Waals surface area contributed by atoms with E-state index in [2.05, 4.69) is 66.0 Å². The van der Waals surface area contributed by atoms with E-state index in [0.717, 1.165) is 29.8 Å². The van der Waals surface area contributed by atoms with Crippen LogP contribution < -0.4 is 4.90 Å². The summed E-state index contributed by atoms with van der Waals surface area (Å²) in [6.45, 7) is 3.48. The number of anilines is 1. The fraction of sp³-hybridized carbons (Fsp3) is 0.474. The van der Waals surface area contributed by atoms with E-state index < -0.39 is 0 Å². The molecule has 1 aliphatic carbocycles. The molecule has 1 aromatic heterocycles. The van der Waals surface area contributed by atoms with Crippen LogP contribution in [0.2, 0.25) is 0 Å². The first kappa shape index (κ1) is 16.0. The predicted molar refractivity (Wildman–Crippen MR) is 100 cm³/mol. The van der Waals surface area contributed by atoms with Crippen LogP contribution in [0.3, 0.4) is 0 Å². The Morgan fingerprint density at radius 1 is 1.08 bits per heavy atom. The molecule has 2 aromatic rings. The van der Waals surface area contributed by atoms with Gasteiger partial charge in [0.05, 0.1) is 0 Å². The van der Waals surface area contributed by atoms with Crippen molar-refractivity contribution in [2.45, 2.75) is 37.8 Å². The van der Waals surface area contributed by atoms with Crippen LogP contribution in [0.4, 0.5) is 5.82 Å². The van der Waals surface area contributed by atoms with Gasteiger partial charge in [-0.05, 0) is 49.4 Å². The zero-order chi connectivity index (χ0) is 16.4. The zero-order valence-electron chi connectivity index (χ0n) is 13.8. The van der Waals surface area contributed by atoms with Crippen molar-refractivity contribution >= 4 is 21.7 Å². The summed E-state index contributed by atoms with van der Waals surface area (Å²) in [4.78, 5) is 13.7. The Hall–Kier alpha value is -1.46.